The predicted octanol–water partition coefficient (Wildman–Crippen LogP) is 13.8. The Balaban J connectivity index is 1.01. The van der Waals surface area contributed by atoms with Gasteiger partial charge in [-0.05, 0) is 137 Å². The Kier molecular flexibility index (Phi) is 7.47. The Morgan fingerprint density at radius 1 is 0.547 bits per heavy atom. The molecule has 0 radical (unpaired) electrons. The highest BCUT2D eigenvalue weighted by molar-refractivity contribution is 5.94. The molecule has 256 valence electrons. The highest BCUT2D eigenvalue weighted by Crippen LogP contribution is 2.51. The van der Waals surface area contributed by atoms with Gasteiger partial charge in [0.25, 0.3) is 0 Å². The first kappa shape index (κ1) is 31.6. The van der Waals surface area contributed by atoms with Crippen molar-refractivity contribution in [3.8, 4) is 27.9 Å². The van der Waals surface area contributed by atoms with Crippen molar-refractivity contribution < 1.29 is 0 Å². The summed E-state index contributed by atoms with van der Waals surface area (Å²) in [5.41, 5.74) is 19.5. The summed E-state index contributed by atoms with van der Waals surface area (Å²) in [4.78, 5) is 2.41. The van der Waals surface area contributed by atoms with Crippen LogP contribution in [0.5, 0.6) is 0 Å². The third kappa shape index (κ3) is 5.24. The number of benzene rings is 6. The monoisotopic (exact) mass is 682 g/mol. The van der Waals surface area contributed by atoms with Gasteiger partial charge in [0.1, 0.15) is 0 Å². The van der Waals surface area contributed by atoms with Crippen molar-refractivity contribution in [1.82, 2.24) is 4.57 Å². The van der Waals surface area contributed by atoms with E-state index < -0.39 is 0 Å². The number of allylic oxidation sites excluding steroid dienone is 5. The van der Waals surface area contributed by atoms with Crippen LogP contribution in [0.3, 0.4) is 0 Å². The van der Waals surface area contributed by atoms with E-state index in [9.17, 15) is 0 Å². The fourth-order valence-electron chi connectivity index (χ4n) is 9.11. The smallest absolute Gasteiger partial charge is 0.0538 e. The fraction of sp³-hybridized carbons (Fsp3) is 0.137. The molecule has 0 amide bonds. The normalized spacial score (nSPS) is 15.4. The molecule has 2 nitrogen and oxygen atoms in total. The van der Waals surface area contributed by atoms with Gasteiger partial charge in [-0.1, -0.05) is 123 Å². The van der Waals surface area contributed by atoms with Crippen LogP contribution in [0.2, 0.25) is 0 Å². The topological polar surface area (TPSA) is 8.17 Å². The van der Waals surface area contributed by atoms with Crippen LogP contribution in [0, 0.1) is 0 Å². The number of hydrogen-bond donors (Lipinski definition) is 0. The number of fused-ring (bicyclic) bond motifs is 5. The zero-order valence-corrected chi connectivity index (χ0v) is 30.4. The van der Waals surface area contributed by atoms with Crippen LogP contribution in [0.25, 0.3) is 50.5 Å². The summed E-state index contributed by atoms with van der Waals surface area (Å²) in [6, 6.07) is 53.7. The Labute approximate surface area is 312 Å². The summed E-state index contributed by atoms with van der Waals surface area (Å²) in [6.45, 7) is 4.80. The number of anilines is 3. The highest BCUT2D eigenvalue weighted by Gasteiger charge is 2.37. The molecule has 0 N–H and O–H groups in total. The maximum atomic E-state index is 2.44. The molecule has 0 spiro atoms. The van der Waals surface area contributed by atoms with Crippen LogP contribution >= 0.6 is 0 Å². The molecule has 53 heavy (non-hydrogen) atoms. The molecule has 6 aromatic carbocycles. The molecule has 0 saturated heterocycles. The standard InChI is InChI=1S/C51H42N2/c1-51(2)47-19-11-9-17-43(47)44-31-30-42(34-48(44)51)52(39-15-7-4-8-16-39)40-26-23-37(24-27-40)38-25-32-50-46(33-38)45-18-10-12-20-49(45)53(50)41-28-21-36(22-29-41)35-13-5-3-6-14-35/h3-9,12-17,20-34H,10-11,18-19H2,1-2H3. The predicted molar refractivity (Wildman–Crippen MR) is 225 cm³/mol. The highest BCUT2D eigenvalue weighted by atomic mass is 15.1. The van der Waals surface area contributed by atoms with Crippen LogP contribution in [0.4, 0.5) is 17.1 Å². The van der Waals surface area contributed by atoms with Crippen molar-refractivity contribution in [1.29, 1.82) is 0 Å². The summed E-state index contributed by atoms with van der Waals surface area (Å²) in [5.74, 6) is 0. The van der Waals surface area contributed by atoms with E-state index in [1.54, 1.807) is 5.57 Å². The van der Waals surface area contributed by atoms with Crippen molar-refractivity contribution >= 4 is 39.6 Å². The van der Waals surface area contributed by atoms with Crippen molar-refractivity contribution in [2.45, 2.75) is 44.9 Å². The lowest BCUT2D eigenvalue weighted by molar-refractivity contribution is 0.607. The van der Waals surface area contributed by atoms with E-state index in [0.717, 1.165) is 37.1 Å². The van der Waals surface area contributed by atoms with Gasteiger partial charge in [-0.25, -0.2) is 0 Å². The maximum absolute atomic E-state index is 2.44. The Morgan fingerprint density at radius 2 is 1.17 bits per heavy atom. The fourth-order valence-corrected chi connectivity index (χ4v) is 9.11. The molecular weight excluding hydrogens is 641 g/mol. The molecule has 7 aromatic rings. The van der Waals surface area contributed by atoms with E-state index in [1.807, 2.05) is 0 Å². The van der Waals surface area contributed by atoms with Gasteiger partial charge in [-0.2, -0.15) is 0 Å². The Morgan fingerprint density at radius 3 is 1.96 bits per heavy atom. The first-order valence-electron chi connectivity index (χ1n) is 19.0. The number of hydrogen-bond acceptors (Lipinski definition) is 1. The van der Waals surface area contributed by atoms with Crippen LogP contribution < -0.4 is 4.90 Å². The summed E-state index contributed by atoms with van der Waals surface area (Å²) >= 11 is 0. The molecule has 0 aliphatic heterocycles. The van der Waals surface area contributed by atoms with E-state index in [4.69, 9.17) is 0 Å². The first-order valence-corrected chi connectivity index (χ1v) is 19.0. The van der Waals surface area contributed by atoms with Gasteiger partial charge < -0.3 is 9.47 Å². The molecular formula is C51H42N2. The van der Waals surface area contributed by atoms with Crippen molar-refractivity contribution in [2.24, 2.45) is 0 Å². The molecule has 0 atom stereocenters. The van der Waals surface area contributed by atoms with Crippen LogP contribution in [-0.4, -0.2) is 4.57 Å². The van der Waals surface area contributed by atoms with Crippen LogP contribution in [0.15, 0.2) is 169 Å². The third-order valence-corrected chi connectivity index (χ3v) is 11.8. The second-order valence-corrected chi connectivity index (χ2v) is 15.2. The number of para-hydroxylation sites is 1. The molecule has 10 rings (SSSR count). The van der Waals surface area contributed by atoms with Crippen molar-refractivity contribution in [3.05, 3.63) is 192 Å². The number of nitrogens with zero attached hydrogens (tertiary/aromatic N) is 2. The van der Waals surface area contributed by atoms with Crippen molar-refractivity contribution in [2.75, 3.05) is 4.90 Å². The van der Waals surface area contributed by atoms with Gasteiger partial charge >= 0.3 is 0 Å². The molecule has 0 fully saturated rings. The maximum Gasteiger partial charge on any atom is 0.0538 e. The molecule has 1 heterocycles. The van der Waals surface area contributed by atoms with E-state index in [0.29, 0.717) is 0 Å². The Bertz CT molecular complexity index is 2600. The summed E-state index contributed by atoms with van der Waals surface area (Å²) in [6.07, 6.45) is 13.7. The quantitative estimate of drug-likeness (QED) is 0.169. The van der Waals surface area contributed by atoms with Crippen LogP contribution in [0.1, 0.15) is 55.5 Å². The molecule has 3 aliphatic rings. The SMILES string of the molecule is CC1(C)C2=C(C=CCC2)c2ccc(N(c3ccccc3)c3ccc(-c4ccc5c(c4)c4c(n5-c5ccc(-c6ccccc6)cc5)C=CCC4)cc3)cc21. The molecule has 3 aliphatic carbocycles. The van der Waals surface area contributed by atoms with E-state index >= 15 is 0 Å². The van der Waals surface area contributed by atoms with Gasteiger partial charge in [0.2, 0.25) is 0 Å². The summed E-state index contributed by atoms with van der Waals surface area (Å²) in [7, 11) is 0. The van der Waals surface area contributed by atoms with E-state index in [2.05, 4.69) is 193 Å². The molecule has 2 heteroatoms. The molecule has 0 saturated carbocycles. The van der Waals surface area contributed by atoms with Gasteiger partial charge in [-0.15, -0.1) is 0 Å². The average molecular weight is 683 g/mol. The summed E-state index contributed by atoms with van der Waals surface area (Å²) < 4.78 is 2.44. The van der Waals surface area contributed by atoms with Gasteiger partial charge in [0.15, 0.2) is 0 Å². The van der Waals surface area contributed by atoms with Gasteiger partial charge in [0, 0.05) is 39.2 Å². The van der Waals surface area contributed by atoms with Gasteiger partial charge in [0.05, 0.1) is 5.52 Å². The number of aromatic nitrogens is 1. The number of aryl methyl sites for hydroxylation is 1. The zero-order chi connectivity index (χ0) is 35.5. The lowest BCUT2D eigenvalue weighted by Crippen LogP contribution is -2.18. The molecule has 1 aromatic heterocycles. The largest absolute Gasteiger partial charge is 0.310 e. The first-order chi connectivity index (χ1) is 26.0. The lowest BCUT2D eigenvalue weighted by Gasteiger charge is -2.29. The second kappa shape index (κ2) is 12.5. The third-order valence-electron chi connectivity index (χ3n) is 11.8. The van der Waals surface area contributed by atoms with Crippen LogP contribution in [-0.2, 0) is 11.8 Å². The minimum atomic E-state index is 0.0237. The molecule has 0 unspecified atom stereocenters. The minimum absolute atomic E-state index is 0.0237. The van der Waals surface area contributed by atoms with Gasteiger partial charge in [-0.3, -0.25) is 0 Å². The average Bonchev–Trinajstić information content (AvgIpc) is 3.67. The van der Waals surface area contributed by atoms with E-state index in [-0.39, 0.29) is 5.41 Å². The lowest BCUT2D eigenvalue weighted by atomic mass is 9.78. The van der Waals surface area contributed by atoms with Crippen molar-refractivity contribution in [3.63, 3.8) is 0 Å². The number of rotatable bonds is 6. The summed E-state index contributed by atoms with van der Waals surface area (Å²) in [5, 5.41) is 1.34. The molecule has 0 bridgehead atoms. The second-order valence-electron chi connectivity index (χ2n) is 15.2. The Hall–Kier alpha value is -6.12. The zero-order valence-electron chi connectivity index (χ0n) is 30.4. The van der Waals surface area contributed by atoms with E-state index in [1.165, 1.54) is 72.5 Å². The minimum Gasteiger partial charge on any atom is -0.310 e.